The van der Waals surface area contributed by atoms with E-state index < -0.39 is 0 Å². The van der Waals surface area contributed by atoms with Gasteiger partial charge in [0, 0.05) is 45.1 Å². The van der Waals surface area contributed by atoms with Crippen molar-refractivity contribution >= 4 is 5.95 Å². The molecule has 20 heavy (non-hydrogen) atoms. The van der Waals surface area contributed by atoms with Crippen molar-refractivity contribution in [3.63, 3.8) is 0 Å². The highest BCUT2D eigenvalue weighted by molar-refractivity contribution is 5.40. The Kier molecular flexibility index (Phi) is 4.02. The molecule has 0 spiro atoms. The van der Waals surface area contributed by atoms with E-state index in [1.54, 1.807) is 7.11 Å². The fourth-order valence-corrected chi connectivity index (χ4v) is 2.80. The summed E-state index contributed by atoms with van der Waals surface area (Å²) in [5.74, 6) is 1.59. The van der Waals surface area contributed by atoms with E-state index >= 15 is 0 Å². The van der Waals surface area contributed by atoms with Gasteiger partial charge in [-0.1, -0.05) is 24.3 Å². The standard InChI is InChI=1S/C16H21N3O/c1-20-10-4-7-17-16-18-8-9-19(16)12-14-11-13-5-2-3-6-15(13)14/h2-3,5-6,8-9,14H,4,7,10-12H2,1H3,(H,17,18). The van der Waals surface area contributed by atoms with Gasteiger partial charge in [0.05, 0.1) is 0 Å². The molecule has 106 valence electrons. The summed E-state index contributed by atoms with van der Waals surface area (Å²) in [4.78, 5) is 4.39. The van der Waals surface area contributed by atoms with E-state index in [4.69, 9.17) is 4.74 Å². The van der Waals surface area contributed by atoms with Crippen LogP contribution in [0.25, 0.3) is 0 Å². The molecule has 1 N–H and O–H groups in total. The Labute approximate surface area is 119 Å². The van der Waals surface area contributed by atoms with Gasteiger partial charge in [-0.3, -0.25) is 0 Å². The molecule has 4 heteroatoms. The maximum Gasteiger partial charge on any atom is 0.202 e. The summed E-state index contributed by atoms with van der Waals surface area (Å²) < 4.78 is 7.27. The molecule has 1 aliphatic carbocycles. The van der Waals surface area contributed by atoms with Crippen LogP contribution in [0, 0.1) is 0 Å². The predicted octanol–water partition coefficient (Wildman–Crippen LogP) is 2.67. The molecule has 0 saturated heterocycles. The number of hydrogen-bond acceptors (Lipinski definition) is 3. The number of fused-ring (bicyclic) bond motifs is 1. The molecule has 1 aliphatic rings. The van der Waals surface area contributed by atoms with Gasteiger partial charge in [0.25, 0.3) is 0 Å². The van der Waals surface area contributed by atoms with E-state index in [1.807, 2.05) is 6.20 Å². The van der Waals surface area contributed by atoms with Gasteiger partial charge in [0.2, 0.25) is 5.95 Å². The van der Waals surface area contributed by atoms with Gasteiger partial charge in [-0.05, 0) is 24.0 Å². The lowest BCUT2D eigenvalue weighted by Gasteiger charge is -2.30. The van der Waals surface area contributed by atoms with E-state index in [9.17, 15) is 0 Å². The van der Waals surface area contributed by atoms with Crippen molar-refractivity contribution in [3.8, 4) is 0 Å². The lowest BCUT2D eigenvalue weighted by atomic mass is 9.77. The number of rotatable bonds is 7. The zero-order valence-corrected chi connectivity index (χ0v) is 11.9. The summed E-state index contributed by atoms with van der Waals surface area (Å²) in [6, 6.07) is 8.72. The molecular formula is C16H21N3O. The number of anilines is 1. The van der Waals surface area contributed by atoms with Crippen LogP contribution >= 0.6 is 0 Å². The summed E-state index contributed by atoms with van der Waals surface area (Å²) in [6.07, 6.45) is 6.09. The minimum absolute atomic E-state index is 0.625. The van der Waals surface area contributed by atoms with E-state index in [-0.39, 0.29) is 0 Å². The van der Waals surface area contributed by atoms with Crippen LogP contribution in [0.5, 0.6) is 0 Å². The van der Waals surface area contributed by atoms with Crippen LogP contribution in [-0.4, -0.2) is 29.8 Å². The average Bonchev–Trinajstić information content (AvgIpc) is 2.88. The molecule has 1 aromatic carbocycles. The van der Waals surface area contributed by atoms with Gasteiger partial charge in [0.15, 0.2) is 0 Å². The molecule has 1 heterocycles. The molecule has 3 rings (SSSR count). The predicted molar refractivity (Wildman–Crippen MR) is 80.1 cm³/mol. The van der Waals surface area contributed by atoms with Gasteiger partial charge >= 0.3 is 0 Å². The van der Waals surface area contributed by atoms with Gasteiger partial charge in [-0.2, -0.15) is 0 Å². The molecule has 0 aliphatic heterocycles. The summed E-state index contributed by atoms with van der Waals surface area (Å²) in [5, 5.41) is 3.38. The Bertz CT molecular complexity index is 564. The third-order valence-corrected chi connectivity index (χ3v) is 3.90. The summed E-state index contributed by atoms with van der Waals surface area (Å²) in [6.45, 7) is 2.68. The molecule has 0 radical (unpaired) electrons. The van der Waals surface area contributed by atoms with Crippen LogP contribution in [0.1, 0.15) is 23.5 Å². The lowest BCUT2D eigenvalue weighted by Crippen LogP contribution is -2.22. The zero-order chi connectivity index (χ0) is 13.8. The summed E-state index contributed by atoms with van der Waals surface area (Å²) in [5.41, 5.74) is 2.98. The Morgan fingerprint density at radius 1 is 1.40 bits per heavy atom. The second kappa shape index (κ2) is 6.09. The number of methoxy groups -OCH3 is 1. The van der Waals surface area contributed by atoms with Crippen LogP contribution in [0.2, 0.25) is 0 Å². The number of benzene rings is 1. The summed E-state index contributed by atoms with van der Waals surface area (Å²) >= 11 is 0. The molecule has 1 atom stereocenters. The highest BCUT2D eigenvalue weighted by Gasteiger charge is 2.26. The lowest BCUT2D eigenvalue weighted by molar-refractivity contribution is 0.197. The van der Waals surface area contributed by atoms with E-state index in [0.29, 0.717) is 5.92 Å². The maximum absolute atomic E-state index is 5.05. The highest BCUT2D eigenvalue weighted by atomic mass is 16.5. The second-order valence-corrected chi connectivity index (χ2v) is 5.28. The molecule has 4 nitrogen and oxygen atoms in total. The third kappa shape index (κ3) is 2.70. The zero-order valence-electron chi connectivity index (χ0n) is 11.9. The smallest absolute Gasteiger partial charge is 0.202 e. The second-order valence-electron chi connectivity index (χ2n) is 5.28. The monoisotopic (exact) mass is 271 g/mol. The van der Waals surface area contributed by atoms with Crippen LogP contribution in [0.4, 0.5) is 5.95 Å². The van der Waals surface area contributed by atoms with Gasteiger partial charge < -0.3 is 14.6 Å². The number of imidazole rings is 1. The topological polar surface area (TPSA) is 39.1 Å². The van der Waals surface area contributed by atoms with Gasteiger partial charge in [-0.25, -0.2) is 4.98 Å². The highest BCUT2D eigenvalue weighted by Crippen LogP contribution is 2.36. The first-order valence-electron chi connectivity index (χ1n) is 7.20. The Morgan fingerprint density at radius 2 is 2.30 bits per heavy atom. The molecule has 0 saturated carbocycles. The van der Waals surface area contributed by atoms with Crippen molar-refractivity contribution in [2.45, 2.75) is 25.3 Å². The fourth-order valence-electron chi connectivity index (χ4n) is 2.80. The van der Waals surface area contributed by atoms with Crippen molar-refractivity contribution in [3.05, 3.63) is 47.8 Å². The van der Waals surface area contributed by atoms with E-state index in [2.05, 4.69) is 45.3 Å². The van der Waals surface area contributed by atoms with Crippen LogP contribution < -0.4 is 5.32 Å². The van der Waals surface area contributed by atoms with Crippen LogP contribution in [0.15, 0.2) is 36.7 Å². The van der Waals surface area contributed by atoms with Crippen LogP contribution in [0.3, 0.4) is 0 Å². The normalized spacial score (nSPS) is 16.6. The minimum atomic E-state index is 0.625. The maximum atomic E-state index is 5.05. The van der Waals surface area contributed by atoms with Crippen molar-refractivity contribution in [1.29, 1.82) is 0 Å². The van der Waals surface area contributed by atoms with E-state index in [1.165, 1.54) is 17.5 Å². The Balaban J connectivity index is 1.58. The number of ether oxygens (including phenoxy) is 1. The number of aromatic nitrogens is 2. The molecule has 0 fully saturated rings. The molecular weight excluding hydrogens is 250 g/mol. The van der Waals surface area contributed by atoms with E-state index in [0.717, 1.165) is 32.1 Å². The quantitative estimate of drug-likeness (QED) is 0.787. The number of hydrogen-bond donors (Lipinski definition) is 1. The first kappa shape index (κ1) is 13.2. The minimum Gasteiger partial charge on any atom is -0.385 e. The number of nitrogens with zero attached hydrogens (tertiary/aromatic N) is 2. The molecule has 2 aromatic rings. The molecule has 1 unspecified atom stereocenters. The van der Waals surface area contributed by atoms with Crippen molar-refractivity contribution in [2.24, 2.45) is 0 Å². The molecule has 1 aromatic heterocycles. The largest absolute Gasteiger partial charge is 0.385 e. The average molecular weight is 271 g/mol. The Morgan fingerprint density at radius 3 is 3.15 bits per heavy atom. The molecule has 0 amide bonds. The van der Waals surface area contributed by atoms with Crippen molar-refractivity contribution in [1.82, 2.24) is 9.55 Å². The van der Waals surface area contributed by atoms with Crippen molar-refractivity contribution in [2.75, 3.05) is 25.6 Å². The third-order valence-electron chi connectivity index (χ3n) is 3.90. The Hall–Kier alpha value is -1.81. The number of nitrogens with one attached hydrogen (secondary N) is 1. The molecule has 0 bridgehead atoms. The van der Waals surface area contributed by atoms with Crippen LogP contribution in [-0.2, 0) is 17.7 Å². The first-order valence-corrected chi connectivity index (χ1v) is 7.20. The van der Waals surface area contributed by atoms with Gasteiger partial charge in [-0.15, -0.1) is 0 Å². The fraction of sp³-hybridized carbons (Fsp3) is 0.438. The SMILES string of the molecule is COCCCNc1nccn1CC1Cc2ccccc21. The first-order chi connectivity index (χ1) is 9.88. The van der Waals surface area contributed by atoms with Crippen molar-refractivity contribution < 1.29 is 4.74 Å². The summed E-state index contributed by atoms with van der Waals surface area (Å²) in [7, 11) is 1.73. The van der Waals surface area contributed by atoms with Gasteiger partial charge in [0.1, 0.15) is 0 Å².